The highest BCUT2D eigenvalue weighted by molar-refractivity contribution is 8.08. The monoisotopic (exact) mass is 288 g/mol. The van der Waals surface area contributed by atoms with Gasteiger partial charge in [-0.1, -0.05) is 13.8 Å². The molecule has 5 heteroatoms. The van der Waals surface area contributed by atoms with Gasteiger partial charge < -0.3 is 0 Å². The molecule has 1 aromatic carbocycles. The third-order valence-corrected chi connectivity index (χ3v) is 6.43. The summed E-state index contributed by atoms with van der Waals surface area (Å²) in [4.78, 5) is 12.2. The molecule has 0 N–H and O–H groups in total. The van der Waals surface area contributed by atoms with Crippen molar-refractivity contribution in [1.29, 1.82) is 0 Å². The van der Waals surface area contributed by atoms with Gasteiger partial charge in [0.15, 0.2) is 5.78 Å². The van der Waals surface area contributed by atoms with E-state index in [2.05, 4.69) is 13.8 Å². The van der Waals surface area contributed by atoms with Crippen LogP contribution in [0.3, 0.4) is 0 Å². The molecule has 1 fully saturated rings. The highest BCUT2D eigenvalue weighted by Crippen LogP contribution is 2.37. The molecule has 1 heterocycles. The minimum Gasteiger partial charge on any atom is -0.293 e. The van der Waals surface area contributed by atoms with Gasteiger partial charge in [-0.3, -0.25) is 4.79 Å². The zero-order valence-electron chi connectivity index (χ0n) is 10.2. The fourth-order valence-corrected chi connectivity index (χ4v) is 4.65. The number of Topliss-reactive ketones (excluding diaryl/α,β-unsaturated/α-hetero) is 1. The van der Waals surface area contributed by atoms with Crippen molar-refractivity contribution in [3.63, 3.8) is 0 Å². The minimum atomic E-state index is -0.767. The van der Waals surface area contributed by atoms with E-state index in [0.29, 0.717) is 16.3 Å². The topological polar surface area (TPSA) is 17.1 Å². The van der Waals surface area contributed by atoms with E-state index in [9.17, 15) is 13.6 Å². The fourth-order valence-electron chi connectivity index (χ4n) is 1.78. The number of hydrogen-bond acceptors (Lipinski definition) is 3. The number of carbonyl (C=O) groups excluding carboxylic acids is 1. The molecular formula is C13H14F2OS2. The van der Waals surface area contributed by atoms with Gasteiger partial charge in [0.25, 0.3) is 0 Å². The van der Waals surface area contributed by atoms with Gasteiger partial charge in [0.1, 0.15) is 11.6 Å². The van der Waals surface area contributed by atoms with Crippen LogP contribution in [0.4, 0.5) is 8.78 Å². The van der Waals surface area contributed by atoms with Crippen LogP contribution in [-0.4, -0.2) is 27.3 Å². The summed E-state index contributed by atoms with van der Waals surface area (Å²) in [5, 5.41) is 0.625. The molecule has 0 aromatic heterocycles. The van der Waals surface area contributed by atoms with Crippen molar-refractivity contribution in [2.75, 3.05) is 5.75 Å². The normalized spacial score (nSPS) is 28.1. The smallest absolute Gasteiger partial charge is 0.179 e. The second-order valence-electron chi connectivity index (χ2n) is 4.36. The van der Waals surface area contributed by atoms with E-state index in [4.69, 9.17) is 0 Å². The molecule has 1 saturated heterocycles. The van der Waals surface area contributed by atoms with Gasteiger partial charge in [0.2, 0.25) is 0 Å². The van der Waals surface area contributed by atoms with E-state index in [0.717, 1.165) is 12.1 Å². The average Bonchev–Trinajstić information content (AvgIpc) is 2.32. The molecule has 2 rings (SSSR count). The van der Waals surface area contributed by atoms with Gasteiger partial charge in [0, 0.05) is 22.3 Å². The number of carbonyl (C=O) groups is 1. The lowest BCUT2D eigenvalue weighted by Crippen LogP contribution is -2.32. The zero-order chi connectivity index (χ0) is 13.3. The molecule has 0 radical (unpaired) electrons. The van der Waals surface area contributed by atoms with Crippen LogP contribution in [0.5, 0.6) is 0 Å². The molecule has 18 heavy (non-hydrogen) atoms. The molecule has 0 aliphatic carbocycles. The first-order valence-electron chi connectivity index (χ1n) is 5.75. The molecule has 1 aliphatic heterocycles. The standard InChI is InChI=1S/C13H14F2OS2/c1-7-8(2)18-12(6-17-7)13(16)10-4-3-9(14)5-11(10)15/h3-5,7-8,12H,6H2,1-2H3. The number of ketones is 1. The molecule has 0 bridgehead atoms. The molecule has 3 atom stereocenters. The van der Waals surface area contributed by atoms with Crippen molar-refractivity contribution in [1.82, 2.24) is 0 Å². The Kier molecular flexibility index (Phi) is 4.33. The summed E-state index contributed by atoms with van der Waals surface area (Å²) in [6, 6.07) is 3.13. The Hall–Kier alpha value is -0.550. The number of thioether (sulfide) groups is 2. The molecule has 0 spiro atoms. The Bertz CT molecular complexity index is 464. The third kappa shape index (κ3) is 2.88. The molecule has 1 aromatic rings. The van der Waals surface area contributed by atoms with Crippen LogP contribution in [0.15, 0.2) is 18.2 Å². The van der Waals surface area contributed by atoms with Gasteiger partial charge in [0.05, 0.1) is 10.8 Å². The van der Waals surface area contributed by atoms with E-state index in [-0.39, 0.29) is 16.6 Å². The van der Waals surface area contributed by atoms with E-state index in [1.807, 2.05) is 0 Å². The van der Waals surface area contributed by atoms with Crippen molar-refractivity contribution in [2.24, 2.45) is 0 Å². The first kappa shape index (κ1) is 13.9. The summed E-state index contributed by atoms with van der Waals surface area (Å²) in [5.41, 5.74) is -0.00347. The molecule has 1 aliphatic rings. The molecular weight excluding hydrogens is 274 g/mol. The summed E-state index contributed by atoms with van der Waals surface area (Å²) in [7, 11) is 0. The number of hydrogen-bond donors (Lipinski definition) is 0. The number of rotatable bonds is 2. The van der Waals surface area contributed by atoms with Gasteiger partial charge >= 0.3 is 0 Å². The minimum absolute atomic E-state index is 0.00347. The van der Waals surface area contributed by atoms with Crippen molar-refractivity contribution in [3.05, 3.63) is 35.4 Å². The highest BCUT2D eigenvalue weighted by atomic mass is 32.2. The van der Waals surface area contributed by atoms with Crippen LogP contribution in [0.1, 0.15) is 24.2 Å². The summed E-state index contributed by atoms with van der Waals surface area (Å²) in [6.07, 6.45) is 0. The van der Waals surface area contributed by atoms with Crippen LogP contribution >= 0.6 is 23.5 Å². The summed E-state index contributed by atoms with van der Waals surface area (Å²) in [6.45, 7) is 4.20. The summed E-state index contributed by atoms with van der Waals surface area (Å²) in [5.74, 6) is -0.969. The van der Waals surface area contributed by atoms with Crippen molar-refractivity contribution >= 4 is 29.3 Å². The predicted octanol–water partition coefficient (Wildman–Crippen LogP) is 3.77. The highest BCUT2D eigenvalue weighted by Gasteiger charge is 2.31. The lowest BCUT2D eigenvalue weighted by Gasteiger charge is -2.30. The first-order valence-corrected chi connectivity index (χ1v) is 7.74. The van der Waals surface area contributed by atoms with Crippen LogP contribution in [0.2, 0.25) is 0 Å². The van der Waals surface area contributed by atoms with Crippen LogP contribution in [0, 0.1) is 11.6 Å². The van der Waals surface area contributed by atoms with Crippen LogP contribution in [0.25, 0.3) is 0 Å². The van der Waals surface area contributed by atoms with Crippen LogP contribution in [-0.2, 0) is 0 Å². The lowest BCUT2D eigenvalue weighted by molar-refractivity contribution is 0.0991. The van der Waals surface area contributed by atoms with E-state index in [1.165, 1.54) is 6.07 Å². The van der Waals surface area contributed by atoms with Gasteiger partial charge in [-0.05, 0) is 12.1 Å². The summed E-state index contributed by atoms with van der Waals surface area (Å²) < 4.78 is 26.4. The maximum Gasteiger partial charge on any atom is 0.179 e. The fraction of sp³-hybridized carbons (Fsp3) is 0.462. The number of benzene rings is 1. The van der Waals surface area contributed by atoms with Crippen molar-refractivity contribution in [3.8, 4) is 0 Å². The van der Waals surface area contributed by atoms with Gasteiger partial charge in [-0.2, -0.15) is 11.8 Å². The molecule has 0 saturated carbocycles. The van der Waals surface area contributed by atoms with E-state index in [1.54, 1.807) is 23.5 Å². The van der Waals surface area contributed by atoms with Gasteiger partial charge in [-0.25, -0.2) is 8.78 Å². The zero-order valence-corrected chi connectivity index (χ0v) is 11.8. The van der Waals surface area contributed by atoms with Crippen molar-refractivity contribution in [2.45, 2.75) is 29.6 Å². The Labute approximate surface area is 114 Å². The Balaban J connectivity index is 2.16. The predicted molar refractivity (Wildman–Crippen MR) is 73.4 cm³/mol. The molecule has 1 nitrogen and oxygen atoms in total. The molecule has 98 valence electrons. The van der Waals surface area contributed by atoms with Crippen molar-refractivity contribution < 1.29 is 13.6 Å². The second-order valence-corrected chi connectivity index (χ2v) is 7.35. The quantitative estimate of drug-likeness (QED) is 0.771. The van der Waals surface area contributed by atoms with Crippen LogP contribution < -0.4 is 0 Å². The maximum absolute atomic E-state index is 13.6. The SMILES string of the molecule is CC1SCC(C(=O)c2ccc(F)cc2F)SC1C. The number of halogens is 2. The molecule has 3 unspecified atom stereocenters. The second kappa shape index (κ2) is 5.61. The third-order valence-electron chi connectivity index (χ3n) is 3.04. The van der Waals surface area contributed by atoms with E-state index >= 15 is 0 Å². The maximum atomic E-state index is 13.6. The van der Waals surface area contributed by atoms with Gasteiger partial charge in [-0.15, -0.1) is 11.8 Å². The Morgan fingerprint density at radius 2 is 2.00 bits per heavy atom. The Morgan fingerprint density at radius 3 is 2.61 bits per heavy atom. The average molecular weight is 288 g/mol. The van der Waals surface area contributed by atoms with E-state index < -0.39 is 11.6 Å². The summed E-state index contributed by atoms with van der Waals surface area (Å²) >= 11 is 3.31. The Morgan fingerprint density at radius 1 is 1.28 bits per heavy atom. The lowest BCUT2D eigenvalue weighted by atomic mass is 10.1. The largest absolute Gasteiger partial charge is 0.293 e. The molecule has 0 amide bonds. The first-order chi connectivity index (χ1) is 8.49.